The number of imide groups is 1. The highest BCUT2D eigenvalue weighted by atomic mass is 32.2. The van der Waals surface area contributed by atoms with Crippen molar-refractivity contribution in [1.29, 1.82) is 5.41 Å². The molecule has 0 bridgehead atoms. The van der Waals surface area contributed by atoms with Crippen molar-refractivity contribution in [3.8, 4) is 0 Å². The summed E-state index contributed by atoms with van der Waals surface area (Å²) in [5.41, 5.74) is 0.429. The van der Waals surface area contributed by atoms with Gasteiger partial charge in [0.05, 0.1) is 5.75 Å². The first-order chi connectivity index (χ1) is 7.20. The fourth-order valence-electron chi connectivity index (χ4n) is 1.29. The van der Waals surface area contributed by atoms with Gasteiger partial charge in [0.15, 0.2) is 5.17 Å². The van der Waals surface area contributed by atoms with Crippen LogP contribution in [-0.2, 0) is 4.79 Å². The highest BCUT2D eigenvalue weighted by Gasteiger charge is 2.32. The summed E-state index contributed by atoms with van der Waals surface area (Å²) < 4.78 is 0. The van der Waals surface area contributed by atoms with Gasteiger partial charge in [-0.25, -0.2) is 4.90 Å². The van der Waals surface area contributed by atoms with Crippen LogP contribution in [0.15, 0.2) is 30.3 Å². The number of rotatable bonds is 1. The van der Waals surface area contributed by atoms with Crippen molar-refractivity contribution in [2.75, 3.05) is 5.75 Å². The molecule has 15 heavy (non-hydrogen) atoms. The van der Waals surface area contributed by atoms with Gasteiger partial charge in [0, 0.05) is 5.56 Å². The van der Waals surface area contributed by atoms with E-state index in [2.05, 4.69) is 0 Å². The number of hydrogen-bond donors (Lipinski definition) is 1. The normalized spacial score (nSPS) is 15.9. The van der Waals surface area contributed by atoms with Gasteiger partial charge in [-0.1, -0.05) is 30.0 Å². The first kappa shape index (κ1) is 9.92. The van der Waals surface area contributed by atoms with Gasteiger partial charge in [-0.05, 0) is 12.1 Å². The number of nitrogens with zero attached hydrogens (tertiary/aromatic N) is 1. The topological polar surface area (TPSA) is 61.2 Å². The van der Waals surface area contributed by atoms with Crippen LogP contribution in [0.2, 0.25) is 0 Å². The van der Waals surface area contributed by atoms with Crippen LogP contribution in [0.4, 0.5) is 0 Å². The van der Waals surface area contributed by atoms with E-state index in [0.29, 0.717) is 5.56 Å². The summed E-state index contributed by atoms with van der Waals surface area (Å²) in [6, 6.07) is 8.51. The van der Waals surface area contributed by atoms with E-state index in [1.807, 2.05) is 0 Å². The molecule has 0 saturated carbocycles. The summed E-state index contributed by atoms with van der Waals surface area (Å²) in [6.07, 6.45) is 0. The molecular weight excluding hydrogens is 212 g/mol. The molecule has 1 fully saturated rings. The van der Waals surface area contributed by atoms with E-state index < -0.39 is 5.91 Å². The van der Waals surface area contributed by atoms with Gasteiger partial charge in [0.1, 0.15) is 0 Å². The number of nitrogens with one attached hydrogen (secondary N) is 1. The average Bonchev–Trinajstić information content (AvgIpc) is 2.59. The lowest BCUT2D eigenvalue weighted by molar-refractivity contribution is -0.122. The summed E-state index contributed by atoms with van der Waals surface area (Å²) in [7, 11) is 0. The molecule has 0 radical (unpaired) electrons. The largest absolute Gasteiger partial charge is 0.278 e. The molecule has 0 atom stereocenters. The molecule has 1 aliphatic heterocycles. The molecule has 0 aliphatic carbocycles. The Bertz CT molecular complexity index is 414. The van der Waals surface area contributed by atoms with Crippen LogP contribution < -0.4 is 0 Å². The Balaban J connectivity index is 2.29. The monoisotopic (exact) mass is 220 g/mol. The Morgan fingerprint density at radius 1 is 1.33 bits per heavy atom. The predicted molar refractivity (Wildman–Crippen MR) is 57.8 cm³/mol. The minimum Gasteiger partial charge on any atom is -0.278 e. The van der Waals surface area contributed by atoms with Crippen LogP contribution in [0.5, 0.6) is 0 Å². The van der Waals surface area contributed by atoms with E-state index in [-0.39, 0.29) is 16.8 Å². The van der Waals surface area contributed by atoms with Gasteiger partial charge in [0.2, 0.25) is 5.91 Å². The van der Waals surface area contributed by atoms with E-state index in [4.69, 9.17) is 5.41 Å². The highest BCUT2D eigenvalue weighted by molar-refractivity contribution is 8.14. The van der Waals surface area contributed by atoms with Crippen molar-refractivity contribution < 1.29 is 9.59 Å². The zero-order chi connectivity index (χ0) is 10.8. The number of carbonyl (C=O) groups excluding carboxylic acids is 2. The van der Waals surface area contributed by atoms with E-state index in [0.717, 1.165) is 16.7 Å². The summed E-state index contributed by atoms with van der Waals surface area (Å²) in [6.45, 7) is 0. The maximum Gasteiger partial charge on any atom is 0.266 e. The fourth-order valence-corrected chi connectivity index (χ4v) is 1.99. The fraction of sp³-hybridized carbons (Fsp3) is 0.100. The molecule has 0 aromatic heterocycles. The van der Waals surface area contributed by atoms with E-state index in [1.165, 1.54) is 0 Å². The predicted octanol–water partition coefficient (Wildman–Crippen LogP) is 1.34. The number of carbonyl (C=O) groups is 2. The maximum atomic E-state index is 11.8. The van der Waals surface area contributed by atoms with Crippen molar-refractivity contribution in [3.63, 3.8) is 0 Å². The molecule has 1 aliphatic rings. The molecule has 1 aromatic carbocycles. The lowest BCUT2D eigenvalue weighted by Crippen LogP contribution is -2.35. The Morgan fingerprint density at radius 3 is 2.53 bits per heavy atom. The summed E-state index contributed by atoms with van der Waals surface area (Å²) in [5, 5.41) is 7.47. The van der Waals surface area contributed by atoms with Crippen LogP contribution >= 0.6 is 11.8 Å². The molecular formula is C10H8N2O2S. The standard InChI is InChI=1S/C10H8N2O2S/c11-10-12(8(13)6-15-10)9(14)7-4-2-1-3-5-7/h1-5,11H,6H2. The summed E-state index contributed by atoms with van der Waals surface area (Å²) in [4.78, 5) is 24.1. The number of hydrogen-bond acceptors (Lipinski definition) is 4. The third-order valence-corrected chi connectivity index (χ3v) is 2.86. The second kappa shape index (κ2) is 3.86. The molecule has 1 N–H and O–H groups in total. The average molecular weight is 220 g/mol. The van der Waals surface area contributed by atoms with Crippen LogP contribution in [0.3, 0.4) is 0 Å². The van der Waals surface area contributed by atoms with Crippen LogP contribution in [0, 0.1) is 5.41 Å². The first-order valence-corrected chi connectivity index (χ1v) is 5.32. The number of amidine groups is 1. The SMILES string of the molecule is N=C1SCC(=O)N1C(=O)c1ccccc1. The van der Waals surface area contributed by atoms with E-state index in [9.17, 15) is 9.59 Å². The third kappa shape index (κ3) is 1.78. The first-order valence-electron chi connectivity index (χ1n) is 4.34. The van der Waals surface area contributed by atoms with Crippen LogP contribution in [0.1, 0.15) is 10.4 Å². The Kier molecular flexibility index (Phi) is 2.55. The molecule has 1 heterocycles. The third-order valence-electron chi connectivity index (χ3n) is 2.01. The lowest BCUT2D eigenvalue weighted by atomic mass is 10.2. The Hall–Kier alpha value is -1.62. The molecule has 2 rings (SSSR count). The maximum absolute atomic E-state index is 11.8. The van der Waals surface area contributed by atoms with Crippen LogP contribution in [0.25, 0.3) is 0 Å². The molecule has 1 aromatic rings. The van der Waals surface area contributed by atoms with Gasteiger partial charge >= 0.3 is 0 Å². The van der Waals surface area contributed by atoms with Gasteiger partial charge in [-0.2, -0.15) is 0 Å². The second-order valence-corrected chi connectivity index (χ2v) is 3.96. The minimum atomic E-state index is -0.421. The Morgan fingerprint density at radius 2 is 2.00 bits per heavy atom. The van der Waals surface area contributed by atoms with Gasteiger partial charge < -0.3 is 0 Å². The number of benzene rings is 1. The molecule has 4 nitrogen and oxygen atoms in total. The van der Waals surface area contributed by atoms with Crippen molar-refractivity contribution in [2.45, 2.75) is 0 Å². The zero-order valence-corrected chi connectivity index (χ0v) is 8.58. The van der Waals surface area contributed by atoms with Crippen molar-refractivity contribution >= 4 is 28.7 Å². The second-order valence-electron chi connectivity index (χ2n) is 2.99. The molecule has 76 valence electrons. The number of amides is 2. The highest BCUT2D eigenvalue weighted by Crippen LogP contribution is 2.20. The number of thioether (sulfide) groups is 1. The zero-order valence-electron chi connectivity index (χ0n) is 7.77. The van der Waals surface area contributed by atoms with Crippen molar-refractivity contribution in [3.05, 3.63) is 35.9 Å². The van der Waals surface area contributed by atoms with Crippen LogP contribution in [-0.4, -0.2) is 27.6 Å². The van der Waals surface area contributed by atoms with Crippen molar-refractivity contribution in [2.24, 2.45) is 0 Å². The summed E-state index contributed by atoms with van der Waals surface area (Å²) in [5.74, 6) is -0.563. The van der Waals surface area contributed by atoms with Crippen molar-refractivity contribution in [1.82, 2.24) is 4.90 Å². The Labute approximate surface area is 90.8 Å². The van der Waals surface area contributed by atoms with Gasteiger partial charge in [0.25, 0.3) is 5.91 Å². The molecule has 5 heteroatoms. The quantitative estimate of drug-likeness (QED) is 0.726. The van der Waals surface area contributed by atoms with Gasteiger partial charge in [-0.15, -0.1) is 0 Å². The smallest absolute Gasteiger partial charge is 0.266 e. The van der Waals surface area contributed by atoms with E-state index in [1.54, 1.807) is 30.3 Å². The molecule has 0 spiro atoms. The summed E-state index contributed by atoms with van der Waals surface area (Å²) >= 11 is 1.08. The minimum absolute atomic E-state index is 0.00820. The van der Waals surface area contributed by atoms with E-state index >= 15 is 0 Å². The molecule has 0 unspecified atom stereocenters. The molecule has 1 saturated heterocycles. The lowest BCUT2D eigenvalue weighted by Gasteiger charge is -2.12. The molecule has 2 amide bonds. The van der Waals surface area contributed by atoms with Gasteiger partial charge in [-0.3, -0.25) is 15.0 Å².